The Balaban J connectivity index is 2.00. The Labute approximate surface area is 117 Å². The summed E-state index contributed by atoms with van der Waals surface area (Å²) in [6, 6.07) is 2.13. The van der Waals surface area contributed by atoms with E-state index >= 15 is 0 Å². The number of amides is 1. The molecule has 5 heteroatoms. The van der Waals surface area contributed by atoms with Crippen molar-refractivity contribution in [2.24, 2.45) is 11.8 Å². The summed E-state index contributed by atoms with van der Waals surface area (Å²) in [6.45, 7) is 2.64. The number of hydrogen-bond acceptors (Lipinski definition) is 2. The van der Waals surface area contributed by atoms with Crippen molar-refractivity contribution in [1.82, 2.24) is 5.32 Å². The molecule has 3 nitrogen and oxygen atoms in total. The molecule has 2 atom stereocenters. The Kier molecular flexibility index (Phi) is 4.57. The van der Waals surface area contributed by atoms with E-state index in [9.17, 15) is 13.6 Å². The van der Waals surface area contributed by atoms with Gasteiger partial charge in [-0.1, -0.05) is 19.8 Å². The van der Waals surface area contributed by atoms with Crippen LogP contribution in [0, 0.1) is 23.5 Å². The lowest BCUT2D eigenvalue weighted by atomic mass is 9.82. The van der Waals surface area contributed by atoms with E-state index in [1.165, 1.54) is 6.42 Å². The number of nitrogen functional groups attached to an aromatic ring is 1. The minimum Gasteiger partial charge on any atom is -0.396 e. The molecule has 2 unspecified atom stereocenters. The summed E-state index contributed by atoms with van der Waals surface area (Å²) in [5, 5.41) is 2.62. The Hall–Kier alpha value is -1.65. The minimum absolute atomic E-state index is 0.220. The van der Waals surface area contributed by atoms with Crippen molar-refractivity contribution >= 4 is 11.6 Å². The first-order valence-electron chi connectivity index (χ1n) is 7.00. The SMILES string of the molecule is CC1CCCC(CNC(=O)c2c(F)ccc(N)c2F)C1. The highest BCUT2D eigenvalue weighted by molar-refractivity contribution is 5.95. The number of halogens is 2. The zero-order chi connectivity index (χ0) is 14.7. The number of carbonyl (C=O) groups excluding carboxylic acids is 1. The molecule has 0 spiro atoms. The smallest absolute Gasteiger partial charge is 0.257 e. The third kappa shape index (κ3) is 3.26. The van der Waals surface area contributed by atoms with Crippen molar-refractivity contribution in [2.75, 3.05) is 12.3 Å². The van der Waals surface area contributed by atoms with Gasteiger partial charge >= 0.3 is 0 Å². The molecule has 1 aliphatic carbocycles. The molecular weight excluding hydrogens is 262 g/mol. The number of nitrogens with two attached hydrogens (primary N) is 1. The molecule has 0 radical (unpaired) electrons. The average Bonchev–Trinajstić information content (AvgIpc) is 2.41. The van der Waals surface area contributed by atoms with E-state index in [2.05, 4.69) is 12.2 Å². The maximum atomic E-state index is 13.7. The van der Waals surface area contributed by atoms with Gasteiger partial charge in [0.15, 0.2) is 5.82 Å². The normalized spacial score (nSPS) is 22.6. The van der Waals surface area contributed by atoms with Crippen LogP contribution in [0.5, 0.6) is 0 Å². The van der Waals surface area contributed by atoms with Crippen molar-refractivity contribution in [3.63, 3.8) is 0 Å². The summed E-state index contributed by atoms with van der Waals surface area (Å²) in [4.78, 5) is 11.9. The van der Waals surface area contributed by atoms with Gasteiger partial charge in [0.1, 0.15) is 11.4 Å². The van der Waals surface area contributed by atoms with E-state index in [0.717, 1.165) is 31.4 Å². The molecule has 1 aromatic rings. The summed E-state index contributed by atoms with van der Waals surface area (Å²) in [7, 11) is 0. The summed E-state index contributed by atoms with van der Waals surface area (Å²) in [6.07, 6.45) is 4.44. The molecule has 20 heavy (non-hydrogen) atoms. The van der Waals surface area contributed by atoms with Gasteiger partial charge in [-0.3, -0.25) is 4.79 Å². The van der Waals surface area contributed by atoms with Crippen LogP contribution in [0.3, 0.4) is 0 Å². The van der Waals surface area contributed by atoms with Crippen LogP contribution < -0.4 is 11.1 Å². The molecular formula is C15H20F2N2O. The second kappa shape index (κ2) is 6.20. The van der Waals surface area contributed by atoms with Crippen LogP contribution in [-0.2, 0) is 0 Å². The molecule has 0 aromatic heterocycles. The first-order valence-corrected chi connectivity index (χ1v) is 7.00. The Morgan fingerprint density at radius 3 is 2.85 bits per heavy atom. The van der Waals surface area contributed by atoms with Crippen LogP contribution in [0.4, 0.5) is 14.5 Å². The fraction of sp³-hybridized carbons (Fsp3) is 0.533. The van der Waals surface area contributed by atoms with E-state index in [0.29, 0.717) is 18.4 Å². The lowest BCUT2D eigenvalue weighted by Crippen LogP contribution is -2.32. The Morgan fingerprint density at radius 2 is 2.15 bits per heavy atom. The molecule has 110 valence electrons. The molecule has 1 saturated carbocycles. The summed E-state index contributed by atoms with van der Waals surface area (Å²) in [5.74, 6) is -1.57. The predicted molar refractivity (Wildman–Crippen MR) is 74.2 cm³/mol. The van der Waals surface area contributed by atoms with Crippen LogP contribution >= 0.6 is 0 Å². The highest BCUT2D eigenvalue weighted by Crippen LogP contribution is 2.28. The second-order valence-electron chi connectivity index (χ2n) is 5.67. The van der Waals surface area contributed by atoms with E-state index in [4.69, 9.17) is 5.73 Å². The Morgan fingerprint density at radius 1 is 1.40 bits per heavy atom. The maximum absolute atomic E-state index is 13.7. The van der Waals surface area contributed by atoms with Gasteiger partial charge in [-0.25, -0.2) is 8.78 Å². The molecule has 2 rings (SSSR count). The van der Waals surface area contributed by atoms with Gasteiger partial charge in [0, 0.05) is 6.54 Å². The van der Waals surface area contributed by atoms with Crippen LogP contribution in [-0.4, -0.2) is 12.5 Å². The largest absolute Gasteiger partial charge is 0.396 e. The number of hydrogen-bond donors (Lipinski definition) is 2. The number of carbonyl (C=O) groups is 1. The van der Waals surface area contributed by atoms with Gasteiger partial charge < -0.3 is 11.1 Å². The third-order valence-electron chi connectivity index (χ3n) is 3.94. The van der Waals surface area contributed by atoms with Gasteiger partial charge in [-0.2, -0.15) is 0 Å². The molecule has 1 fully saturated rings. The van der Waals surface area contributed by atoms with Gasteiger partial charge in [0.05, 0.1) is 5.69 Å². The monoisotopic (exact) mass is 282 g/mol. The summed E-state index contributed by atoms with van der Waals surface area (Å²) >= 11 is 0. The molecule has 0 saturated heterocycles. The third-order valence-corrected chi connectivity index (χ3v) is 3.94. The fourth-order valence-electron chi connectivity index (χ4n) is 2.85. The molecule has 1 aromatic carbocycles. The number of benzene rings is 1. The van der Waals surface area contributed by atoms with Gasteiger partial charge in [0.25, 0.3) is 5.91 Å². The quantitative estimate of drug-likeness (QED) is 0.837. The molecule has 0 bridgehead atoms. The minimum atomic E-state index is -0.987. The van der Waals surface area contributed by atoms with E-state index in [-0.39, 0.29) is 5.69 Å². The lowest BCUT2D eigenvalue weighted by Gasteiger charge is -2.26. The number of rotatable bonds is 3. The Bertz CT molecular complexity index is 505. The van der Waals surface area contributed by atoms with Crippen molar-refractivity contribution in [2.45, 2.75) is 32.6 Å². The van der Waals surface area contributed by atoms with Crippen molar-refractivity contribution in [3.8, 4) is 0 Å². The lowest BCUT2D eigenvalue weighted by molar-refractivity contribution is 0.0932. The molecule has 3 N–H and O–H groups in total. The highest BCUT2D eigenvalue weighted by atomic mass is 19.1. The van der Waals surface area contributed by atoms with Gasteiger partial charge in [-0.15, -0.1) is 0 Å². The standard InChI is InChI=1S/C15H20F2N2O/c1-9-3-2-4-10(7-9)8-19-15(20)13-11(16)5-6-12(18)14(13)17/h5-6,9-10H,2-4,7-8,18H2,1H3,(H,19,20). The fourth-order valence-corrected chi connectivity index (χ4v) is 2.85. The van der Waals surface area contributed by atoms with Crippen LogP contribution in [0.15, 0.2) is 12.1 Å². The average molecular weight is 282 g/mol. The van der Waals surface area contributed by atoms with Crippen molar-refractivity contribution < 1.29 is 13.6 Å². The molecule has 0 aliphatic heterocycles. The van der Waals surface area contributed by atoms with Gasteiger partial charge in [-0.05, 0) is 36.8 Å². The zero-order valence-corrected chi connectivity index (χ0v) is 11.6. The van der Waals surface area contributed by atoms with E-state index in [1.54, 1.807) is 0 Å². The molecule has 1 aliphatic rings. The van der Waals surface area contributed by atoms with Crippen LogP contribution in [0.2, 0.25) is 0 Å². The first kappa shape index (κ1) is 14.8. The van der Waals surface area contributed by atoms with Crippen molar-refractivity contribution in [1.29, 1.82) is 0 Å². The highest BCUT2D eigenvalue weighted by Gasteiger charge is 2.22. The summed E-state index contributed by atoms with van der Waals surface area (Å²) < 4.78 is 27.3. The number of nitrogens with one attached hydrogen (secondary N) is 1. The van der Waals surface area contributed by atoms with Crippen LogP contribution in [0.1, 0.15) is 43.0 Å². The van der Waals surface area contributed by atoms with Crippen molar-refractivity contribution in [3.05, 3.63) is 29.3 Å². The van der Waals surface area contributed by atoms with Gasteiger partial charge in [0.2, 0.25) is 0 Å². The molecule has 0 heterocycles. The maximum Gasteiger partial charge on any atom is 0.257 e. The van der Waals surface area contributed by atoms with E-state index in [1.807, 2.05) is 0 Å². The van der Waals surface area contributed by atoms with E-state index < -0.39 is 23.1 Å². The predicted octanol–water partition coefficient (Wildman–Crippen LogP) is 3.10. The topological polar surface area (TPSA) is 55.1 Å². The second-order valence-corrected chi connectivity index (χ2v) is 5.67. The molecule has 1 amide bonds. The first-order chi connectivity index (χ1) is 9.49. The zero-order valence-electron chi connectivity index (χ0n) is 11.6. The van der Waals surface area contributed by atoms with Crippen LogP contribution in [0.25, 0.3) is 0 Å². The summed E-state index contributed by atoms with van der Waals surface area (Å²) in [5.41, 5.74) is 4.55. The number of anilines is 1.